The first-order chi connectivity index (χ1) is 7.90. The van der Waals surface area contributed by atoms with Gasteiger partial charge in [0.15, 0.2) is 0 Å². The summed E-state index contributed by atoms with van der Waals surface area (Å²) in [7, 11) is 2.19. The van der Waals surface area contributed by atoms with Crippen molar-refractivity contribution < 1.29 is 0 Å². The zero-order chi connectivity index (χ0) is 13.4. The van der Waals surface area contributed by atoms with E-state index in [9.17, 15) is 0 Å². The lowest BCUT2D eigenvalue weighted by Crippen LogP contribution is -2.42. The molecular formula is C14H31N3. The van der Waals surface area contributed by atoms with E-state index >= 15 is 0 Å². The van der Waals surface area contributed by atoms with Crippen LogP contribution in [0.15, 0.2) is 4.99 Å². The molecule has 0 rings (SSSR count). The Balaban J connectivity index is 4.09. The second-order valence-electron chi connectivity index (χ2n) is 5.21. The Hall–Kier alpha value is -0.570. The molecule has 0 heterocycles. The van der Waals surface area contributed by atoms with Crippen LogP contribution in [0.3, 0.4) is 0 Å². The fourth-order valence-electron chi connectivity index (χ4n) is 1.78. The van der Waals surface area contributed by atoms with Gasteiger partial charge in [-0.1, -0.05) is 13.8 Å². The highest BCUT2D eigenvalue weighted by atomic mass is 15.2. The van der Waals surface area contributed by atoms with Crippen LogP contribution >= 0.6 is 0 Å². The molecule has 0 radical (unpaired) electrons. The molecule has 1 N–H and O–H groups in total. The van der Waals surface area contributed by atoms with Gasteiger partial charge in [-0.25, -0.2) is 0 Å². The van der Waals surface area contributed by atoms with Gasteiger partial charge in [-0.05, 0) is 47.6 Å². The van der Waals surface area contributed by atoms with Crippen LogP contribution in [0.25, 0.3) is 0 Å². The van der Waals surface area contributed by atoms with Gasteiger partial charge in [0.2, 0.25) is 0 Å². The van der Waals surface area contributed by atoms with Crippen LogP contribution in [0.2, 0.25) is 0 Å². The molecule has 0 aliphatic heterocycles. The second-order valence-corrected chi connectivity index (χ2v) is 5.21. The first-order valence-electron chi connectivity index (χ1n) is 6.91. The predicted molar refractivity (Wildman–Crippen MR) is 77.8 cm³/mol. The normalized spacial score (nSPS) is 18.0. The van der Waals surface area contributed by atoms with E-state index in [2.05, 4.69) is 63.8 Å². The Morgan fingerprint density at radius 2 is 1.76 bits per heavy atom. The molecule has 0 aliphatic rings. The van der Waals surface area contributed by atoms with Crippen LogP contribution in [0.4, 0.5) is 0 Å². The molecule has 17 heavy (non-hydrogen) atoms. The minimum atomic E-state index is 0.419. The van der Waals surface area contributed by atoms with Gasteiger partial charge in [0.05, 0.1) is 5.84 Å². The molecule has 0 aromatic heterocycles. The van der Waals surface area contributed by atoms with E-state index in [0.29, 0.717) is 18.1 Å². The average molecular weight is 241 g/mol. The maximum absolute atomic E-state index is 4.59. The number of aliphatic imine (C=N–C) groups is 1. The molecule has 0 saturated heterocycles. The van der Waals surface area contributed by atoms with Crippen LogP contribution in [-0.4, -0.2) is 42.5 Å². The summed E-state index contributed by atoms with van der Waals surface area (Å²) < 4.78 is 0. The first-order valence-corrected chi connectivity index (χ1v) is 6.91. The summed E-state index contributed by atoms with van der Waals surface area (Å²) in [6.45, 7) is 14.2. The highest BCUT2D eigenvalue weighted by Gasteiger charge is 2.11. The van der Waals surface area contributed by atoms with Crippen molar-refractivity contribution in [3.05, 3.63) is 0 Å². The molecule has 102 valence electrons. The summed E-state index contributed by atoms with van der Waals surface area (Å²) in [4.78, 5) is 6.99. The van der Waals surface area contributed by atoms with Crippen molar-refractivity contribution in [3.8, 4) is 0 Å². The molecular weight excluding hydrogens is 210 g/mol. The van der Waals surface area contributed by atoms with Crippen molar-refractivity contribution in [2.45, 2.75) is 72.5 Å². The van der Waals surface area contributed by atoms with Crippen molar-refractivity contribution in [3.63, 3.8) is 0 Å². The zero-order valence-electron chi connectivity index (χ0n) is 12.7. The molecule has 3 atom stereocenters. The smallest absolute Gasteiger partial charge is 0.0937 e. The number of nitrogens with one attached hydrogen (secondary N) is 1. The Morgan fingerprint density at radius 1 is 1.18 bits per heavy atom. The lowest BCUT2D eigenvalue weighted by molar-refractivity contribution is 0.235. The monoisotopic (exact) mass is 241 g/mol. The Morgan fingerprint density at radius 3 is 2.24 bits per heavy atom. The summed E-state index contributed by atoms with van der Waals surface area (Å²) in [6.07, 6.45) is 2.29. The van der Waals surface area contributed by atoms with E-state index in [1.54, 1.807) is 0 Å². The number of rotatable bonds is 7. The van der Waals surface area contributed by atoms with Crippen LogP contribution in [-0.2, 0) is 0 Å². The van der Waals surface area contributed by atoms with E-state index in [4.69, 9.17) is 0 Å². The van der Waals surface area contributed by atoms with Gasteiger partial charge in [0.1, 0.15) is 0 Å². The van der Waals surface area contributed by atoms with E-state index < -0.39 is 0 Å². The van der Waals surface area contributed by atoms with Crippen LogP contribution in [0.5, 0.6) is 0 Å². The summed E-state index contributed by atoms with van der Waals surface area (Å²) >= 11 is 0. The molecule has 0 aromatic rings. The number of amidine groups is 1. The summed E-state index contributed by atoms with van der Waals surface area (Å²) in [5.74, 6) is 1.06. The maximum Gasteiger partial charge on any atom is 0.0937 e. The van der Waals surface area contributed by atoms with Gasteiger partial charge in [-0.3, -0.25) is 4.99 Å². The van der Waals surface area contributed by atoms with Crippen LogP contribution < -0.4 is 5.32 Å². The van der Waals surface area contributed by atoms with E-state index in [1.807, 2.05) is 0 Å². The Bertz CT molecular complexity index is 226. The molecule has 3 nitrogen and oxygen atoms in total. The van der Waals surface area contributed by atoms with E-state index in [0.717, 1.165) is 18.8 Å². The number of hydrogen-bond acceptors (Lipinski definition) is 2. The molecule has 0 bridgehead atoms. The lowest BCUT2D eigenvalue weighted by atomic mass is 10.2. The van der Waals surface area contributed by atoms with Gasteiger partial charge in [-0.2, -0.15) is 0 Å². The molecule has 0 aromatic carbocycles. The summed E-state index contributed by atoms with van der Waals surface area (Å²) in [5.41, 5.74) is 0. The number of likely N-dealkylation sites (N-methyl/N-ethyl adjacent to an activating group) is 1. The standard InChI is InChI=1S/C14H31N3/c1-8-11(3)15-14(6)16-12(4)10-17(7)13(5)9-2/h11-13H,8-10H2,1-7H3,(H,15,16). The summed E-state index contributed by atoms with van der Waals surface area (Å²) in [5, 5.41) is 3.46. The van der Waals surface area contributed by atoms with Gasteiger partial charge >= 0.3 is 0 Å². The lowest BCUT2D eigenvalue weighted by Gasteiger charge is -2.27. The topological polar surface area (TPSA) is 27.6 Å². The van der Waals surface area contributed by atoms with Gasteiger partial charge in [0.25, 0.3) is 0 Å². The third kappa shape index (κ3) is 7.37. The number of hydrogen-bond donors (Lipinski definition) is 1. The predicted octanol–water partition coefficient (Wildman–Crippen LogP) is 2.91. The van der Waals surface area contributed by atoms with Crippen molar-refractivity contribution in [2.75, 3.05) is 13.6 Å². The highest BCUT2D eigenvalue weighted by molar-refractivity contribution is 5.79. The summed E-state index contributed by atoms with van der Waals surface area (Å²) in [6, 6.07) is 1.51. The van der Waals surface area contributed by atoms with Crippen LogP contribution in [0, 0.1) is 0 Å². The average Bonchev–Trinajstić information content (AvgIpc) is 2.26. The second kappa shape index (κ2) is 8.51. The Kier molecular flexibility index (Phi) is 8.23. The maximum atomic E-state index is 4.59. The molecule has 0 spiro atoms. The van der Waals surface area contributed by atoms with Crippen molar-refractivity contribution in [2.24, 2.45) is 4.99 Å². The first kappa shape index (κ1) is 16.4. The fourth-order valence-corrected chi connectivity index (χ4v) is 1.78. The van der Waals surface area contributed by atoms with Gasteiger partial charge in [0, 0.05) is 24.7 Å². The largest absolute Gasteiger partial charge is 0.370 e. The minimum Gasteiger partial charge on any atom is -0.370 e. The quantitative estimate of drug-likeness (QED) is 0.548. The van der Waals surface area contributed by atoms with E-state index in [-0.39, 0.29) is 0 Å². The third-order valence-corrected chi connectivity index (χ3v) is 3.37. The van der Waals surface area contributed by atoms with Gasteiger partial charge in [-0.15, -0.1) is 0 Å². The van der Waals surface area contributed by atoms with E-state index in [1.165, 1.54) is 6.42 Å². The molecule has 0 aliphatic carbocycles. The third-order valence-electron chi connectivity index (χ3n) is 3.37. The number of nitrogens with zero attached hydrogens (tertiary/aromatic N) is 2. The molecule has 0 saturated carbocycles. The molecule has 3 unspecified atom stereocenters. The minimum absolute atomic E-state index is 0.419. The Labute approximate surface area is 108 Å². The highest BCUT2D eigenvalue weighted by Crippen LogP contribution is 2.01. The SMILES string of the molecule is CCC(C)N=C(C)NC(C)CN(C)C(C)CC. The fraction of sp³-hybridized carbons (Fsp3) is 0.929. The zero-order valence-corrected chi connectivity index (χ0v) is 12.7. The van der Waals surface area contributed by atoms with Crippen molar-refractivity contribution in [1.82, 2.24) is 10.2 Å². The van der Waals surface area contributed by atoms with Crippen molar-refractivity contribution in [1.29, 1.82) is 0 Å². The molecule has 0 amide bonds. The molecule has 3 heteroatoms. The van der Waals surface area contributed by atoms with Crippen LogP contribution in [0.1, 0.15) is 54.4 Å². The van der Waals surface area contributed by atoms with Crippen molar-refractivity contribution >= 4 is 5.84 Å². The van der Waals surface area contributed by atoms with Gasteiger partial charge < -0.3 is 10.2 Å². The molecule has 0 fully saturated rings.